The summed E-state index contributed by atoms with van der Waals surface area (Å²) in [5.41, 5.74) is 1.51. The highest BCUT2D eigenvalue weighted by Crippen LogP contribution is 2.16. The Morgan fingerprint density at radius 3 is 2.26 bits per heavy atom. The van der Waals surface area contributed by atoms with Gasteiger partial charge in [0, 0.05) is 18.7 Å². The smallest absolute Gasteiger partial charge is 0.258 e. The summed E-state index contributed by atoms with van der Waals surface area (Å²) < 4.78 is 26.8. The van der Waals surface area contributed by atoms with Crippen molar-refractivity contribution in [1.82, 2.24) is 4.72 Å². The maximum absolute atomic E-state index is 12.1. The zero-order chi connectivity index (χ0) is 16.9. The molecular formula is C16H18N2O4S. The van der Waals surface area contributed by atoms with Crippen molar-refractivity contribution in [3.8, 4) is 0 Å². The molecule has 0 amide bonds. The average molecular weight is 334 g/mol. The van der Waals surface area contributed by atoms with E-state index in [1.54, 1.807) is 0 Å². The number of hydrogen-bond acceptors (Lipinski definition) is 4. The van der Waals surface area contributed by atoms with E-state index in [0.717, 1.165) is 5.56 Å². The summed E-state index contributed by atoms with van der Waals surface area (Å²) in [5.74, 6) is -0.144. The zero-order valence-corrected chi connectivity index (χ0v) is 13.5. The number of nitro benzene ring substituents is 1. The molecule has 0 aromatic heterocycles. The number of non-ortho nitro benzene ring substituents is 1. The van der Waals surface area contributed by atoms with Gasteiger partial charge in [-0.15, -0.1) is 0 Å². The third-order valence-electron chi connectivity index (χ3n) is 3.48. The summed E-state index contributed by atoms with van der Waals surface area (Å²) in [6, 6.07) is 15.2. The van der Waals surface area contributed by atoms with Gasteiger partial charge in [-0.05, 0) is 17.0 Å². The van der Waals surface area contributed by atoms with Crippen molar-refractivity contribution >= 4 is 15.7 Å². The lowest BCUT2D eigenvalue weighted by Gasteiger charge is -2.13. The van der Waals surface area contributed by atoms with Gasteiger partial charge in [0.25, 0.3) is 5.69 Å². The molecule has 2 aromatic carbocycles. The van der Waals surface area contributed by atoms with Gasteiger partial charge in [0.1, 0.15) is 0 Å². The van der Waals surface area contributed by atoms with E-state index in [0.29, 0.717) is 12.1 Å². The van der Waals surface area contributed by atoms with Crippen LogP contribution in [0.2, 0.25) is 0 Å². The molecule has 0 saturated carbocycles. The Balaban J connectivity index is 1.95. The molecule has 0 spiro atoms. The number of nitrogens with one attached hydrogen (secondary N) is 1. The monoisotopic (exact) mass is 334 g/mol. The highest BCUT2D eigenvalue weighted by atomic mass is 32.2. The third-order valence-corrected chi connectivity index (χ3v) is 4.80. The molecular weight excluding hydrogens is 316 g/mol. The first kappa shape index (κ1) is 17.1. The minimum Gasteiger partial charge on any atom is -0.258 e. The lowest BCUT2D eigenvalue weighted by Crippen LogP contribution is -2.28. The van der Waals surface area contributed by atoms with Crippen LogP contribution in [0.15, 0.2) is 54.6 Å². The molecule has 0 fully saturated rings. The van der Waals surface area contributed by atoms with Crippen LogP contribution in [0, 0.1) is 10.1 Å². The predicted octanol–water partition coefficient (Wildman–Crippen LogP) is 2.82. The Bertz CT molecular complexity index is 758. The van der Waals surface area contributed by atoms with Crippen molar-refractivity contribution in [3.05, 3.63) is 75.8 Å². The SMILES string of the molecule is CC(CNS(=O)(=O)Cc1ccc([N+](=O)[O-])cc1)c1ccccc1. The lowest BCUT2D eigenvalue weighted by atomic mass is 10.0. The number of rotatable bonds is 7. The molecule has 1 atom stereocenters. The molecule has 1 N–H and O–H groups in total. The quantitative estimate of drug-likeness (QED) is 0.623. The molecule has 0 aliphatic rings. The van der Waals surface area contributed by atoms with Gasteiger partial charge < -0.3 is 0 Å². The molecule has 122 valence electrons. The van der Waals surface area contributed by atoms with E-state index in [9.17, 15) is 18.5 Å². The molecule has 23 heavy (non-hydrogen) atoms. The maximum Gasteiger partial charge on any atom is 0.269 e. The van der Waals surface area contributed by atoms with E-state index in [1.165, 1.54) is 24.3 Å². The van der Waals surface area contributed by atoms with Crippen molar-refractivity contribution in [2.24, 2.45) is 0 Å². The topological polar surface area (TPSA) is 89.3 Å². The van der Waals surface area contributed by atoms with E-state index in [2.05, 4.69) is 4.72 Å². The van der Waals surface area contributed by atoms with Gasteiger partial charge in [0.05, 0.1) is 10.7 Å². The molecule has 0 saturated heterocycles. The van der Waals surface area contributed by atoms with E-state index in [4.69, 9.17) is 0 Å². The average Bonchev–Trinajstić information content (AvgIpc) is 2.53. The van der Waals surface area contributed by atoms with Gasteiger partial charge in [-0.3, -0.25) is 10.1 Å². The summed E-state index contributed by atoms with van der Waals surface area (Å²) in [4.78, 5) is 10.1. The van der Waals surface area contributed by atoms with Gasteiger partial charge >= 0.3 is 0 Å². The van der Waals surface area contributed by atoms with Crippen molar-refractivity contribution < 1.29 is 13.3 Å². The fraction of sp³-hybridized carbons (Fsp3) is 0.250. The van der Waals surface area contributed by atoms with Crippen LogP contribution < -0.4 is 4.72 Å². The second-order valence-corrected chi connectivity index (χ2v) is 7.15. The van der Waals surface area contributed by atoms with Crippen LogP contribution in [0.1, 0.15) is 24.0 Å². The third kappa shape index (κ3) is 5.15. The van der Waals surface area contributed by atoms with Crippen LogP contribution in [0.3, 0.4) is 0 Å². The normalized spacial score (nSPS) is 12.7. The standard InChI is InChI=1S/C16H18N2O4S/c1-13(15-5-3-2-4-6-15)11-17-23(21,22)12-14-7-9-16(10-8-14)18(19)20/h2-10,13,17H,11-12H2,1H3. The van der Waals surface area contributed by atoms with Crippen molar-refractivity contribution in [3.63, 3.8) is 0 Å². The number of nitro groups is 1. The fourth-order valence-corrected chi connectivity index (χ4v) is 3.37. The summed E-state index contributed by atoms with van der Waals surface area (Å²) >= 11 is 0. The molecule has 0 aliphatic carbocycles. The van der Waals surface area contributed by atoms with Crippen molar-refractivity contribution in [2.45, 2.75) is 18.6 Å². The second-order valence-electron chi connectivity index (χ2n) is 5.34. The Morgan fingerprint density at radius 2 is 1.70 bits per heavy atom. The van der Waals surface area contributed by atoms with Crippen LogP contribution in [0.5, 0.6) is 0 Å². The summed E-state index contributed by atoms with van der Waals surface area (Å²) in [6.45, 7) is 2.25. The van der Waals surface area contributed by atoms with Gasteiger partial charge in [-0.1, -0.05) is 49.4 Å². The molecule has 6 nitrogen and oxygen atoms in total. The zero-order valence-electron chi connectivity index (χ0n) is 12.7. The molecule has 0 aliphatic heterocycles. The van der Waals surface area contributed by atoms with Crippen molar-refractivity contribution in [1.29, 1.82) is 0 Å². The molecule has 2 rings (SSSR count). The van der Waals surface area contributed by atoms with E-state index in [-0.39, 0.29) is 17.4 Å². The highest BCUT2D eigenvalue weighted by Gasteiger charge is 2.15. The molecule has 2 aromatic rings. The van der Waals surface area contributed by atoms with Crippen LogP contribution in [0.4, 0.5) is 5.69 Å². The van der Waals surface area contributed by atoms with Crippen molar-refractivity contribution in [2.75, 3.05) is 6.54 Å². The van der Waals surface area contributed by atoms with Crippen LogP contribution in [-0.2, 0) is 15.8 Å². The molecule has 0 bridgehead atoms. The summed E-state index contributed by atoms with van der Waals surface area (Å²) in [5, 5.41) is 10.6. The van der Waals surface area contributed by atoms with Gasteiger partial charge in [0.15, 0.2) is 0 Å². The van der Waals surface area contributed by atoms with E-state index in [1.807, 2.05) is 37.3 Å². The van der Waals surface area contributed by atoms with E-state index < -0.39 is 14.9 Å². The van der Waals surface area contributed by atoms with Gasteiger partial charge in [-0.25, -0.2) is 13.1 Å². The Morgan fingerprint density at radius 1 is 1.09 bits per heavy atom. The molecule has 0 heterocycles. The Labute approximate surface area is 135 Å². The largest absolute Gasteiger partial charge is 0.269 e. The minimum atomic E-state index is -3.49. The first-order valence-electron chi connectivity index (χ1n) is 7.13. The van der Waals surface area contributed by atoms with Crippen LogP contribution in [-0.4, -0.2) is 19.9 Å². The van der Waals surface area contributed by atoms with Crippen LogP contribution in [0.25, 0.3) is 0 Å². The lowest BCUT2D eigenvalue weighted by molar-refractivity contribution is -0.384. The van der Waals surface area contributed by atoms with E-state index >= 15 is 0 Å². The first-order chi connectivity index (χ1) is 10.9. The molecule has 7 heteroatoms. The summed E-state index contributed by atoms with van der Waals surface area (Å²) in [6.07, 6.45) is 0. The molecule has 0 radical (unpaired) electrons. The second kappa shape index (κ2) is 7.34. The summed E-state index contributed by atoms with van der Waals surface area (Å²) in [7, 11) is -3.49. The first-order valence-corrected chi connectivity index (χ1v) is 8.78. The number of sulfonamides is 1. The van der Waals surface area contributed by atoms with Gasteiger partial charge in [-0.2, -0.15) is 0 Å². The Kier molecular flexibility index (Phi) is 5.46. The number of benzene rings is 2. The fourth-order valence-electron chi connectivity index (χ4n) is 2.14. The number of hydrogen-bond donors (Lipinski definition) is 1. The number of nitrogens with zero attached hydrogens (tertiary/aromatic N) is 1. The molecule has 1 unspecified atom stereocenters. The maximum atomic E-state index is 12.1. The van der Waals surface area contributed by atoms with Crippen LogP contribution >= 0.6 is 0 Å². The highest BCUT2D eigenvalue weighted by molar-refractivity contribution is 7.88. The predicted molar refractivity (Wildman–Crippen MR) is 88.6 cm³/mol. The van der Waals surface area contributed by atoms with Gasteiger partial charge in [0.2, 0.25) is 10.0 Å². The Hall–Kier alpha value is -2.25. The minimum absolute atomic E-state index is 0.0582.